The summed E-state index contributed by atoms with van der Waals surface area (Å²) in [5.74, 6) is 0.179. The van der Waals surface area contributed by atoms with Crippen LogP contribution in [-0.2, 0) is 18.1 Å². The van der Waals surface area contributed by atoms with Gasteiger partial charge in [-0.2, -0.15) is 13.2 Å². The number of alkyl halides is 3. The van der Waals surface area contributed by atoms with E-state index in [0.717, 1.165) is 30.2 Å². The van der Waals surface area contributed by atoms with Crippen LogP contribution < -0.4 is 5.73 Å². The Labute approximate surface area is 172 Å². The Morgan fingerprint density at radius 1 is 1.24 bits per heavy atom. The number of phenols is 1. The number of likely N-dealkylation sites (tertiary alicyclic amines) is 1. The summed E-state index contributed by atoms with van der Waals surface area (Å²) in [4.78, 5) is 2.79. The number of hydrogen-bond acceptors (Lipinski definition) is 5. The molecule has 1 fully saturated rings. The summed E-state index contributed by atoms with van der Waals surface area (Å²) in [5.41, 5.74) is 7.68. The number of aromatic hydroxyl groups is 1. The molecule has 156 valence electrons. The SMILES string of the molecule is CN1CC[C@@]2(N)c3cc(O)ccc3C[C@@H]1[C@H]2N(C)Sc1cccc(C(F)(F)F)c1. The van der Waals surface area contributed by atoms with Crippen LogP contribution in [0.4, 0.5) is 13.2 Å². The van der Waals surface area contributed by atoms with Crippen molar-refractivity contribution in [1.29, 1.82) is 0 Å². The molecule has 2 aliphatic rings. The summed E-state index contributed by atoms with van der Waals surface area (Å²) < 4.78 is 41.3. The van der Waals surface area contributed by atoms with Crippen molar-refractivity contribution in [3.8, 4) is 5.75 Å². The van der Waals surface area contributed by atoms with Gasteiger partial charge in [0.05, 0.1) is 17.1 Å². The fourth-order valence-corrected chi connectivity index (χ4v) is 5.83. The van der Waals surface area contributed by atoms with Crippen LogP contribution in [0, 0.1) is 0 Å². The predicted molar refractivity (Wildman–Crippen MR) is 108 cm³/mol. The van der Waals surface area contributed by atoms with E-state index in [0.29, 0.717) is 11.3 Å². The van der Waals surface area contributed by atoms with Gasteiger partial charge < -0.3 is 15.7 Å². The first-order chi connectivity index (χ1) is 13.6. The molecule has 1 aliphatic carbocycles. The van der Waals surface area contributed by atoms with Gasteiger partial charge in [-0.05, 0) is 80.3 Å². The van der Waals surface area contributed by atoms with Gasteiger partial charge in [-0.25, -0.2) is 4.31 Å². The molecule has 8 heteroatoms. The normalized spacial score (nSPS) is 27.1. The van der Waals surface area contributed by atoms with Gasteiger partial charge in [0.15, 0.2) is 0 Å². The van der Waals surface area contributed by atoms with Crippen LogP contribution in [-0.4, -0.2) is 47.0 Å². The fraction of sp³-hybridized carbons (Fsp3) is 0.429. The van der Waals surface area contributed by atoms with E-state index in [1.807, 2.05) is 17.4 Å². The molecule has 3 atom stereocenters. The molecule has 3 N–H and O–H groups in total. The number of benzene rings is 2. The molecule has 0 aromatic heterocycles. The number of nitrogens with zero attached hydrogens (tertiary/aromatic N) is 2. The molecule has 0 radical (unpaired) electrons. The Hall–Kier alpha value is -1.74. The first-order valence-corrected chi connectivity index (χ1v) is 10.3. The number of fused-ring (bicyclic) bond motifs is 4. The monoisotopic (exact) mass is 423 g/mol. The highest BCUT2D eigenvalue weighted by atomic mass is 32.2. The van der Waals surface area contributed by atoms with Gasteiger partial charge in [0, 0.05) is 17.5 Å². The second-order valence-electron chi connectivity index (χ2n) is 7.99. The molecule has 1 heterocycles. The van der Waals surface area contributed by atoms with Crippen molar-refractivity contribution >= 4 is 11.9 Å². The minimum Gasteiger partial charge on any atom is -0.508 e. The van der Waals surface area contributed by atoms with E-state index in [-0.39, 0.29) is 17.8 Å². The van der Waals surface area contributed by atoms with Crippen LogP contribution in [0.2, 0.25) is 0 Å². The Bertz CT molecular complexity index is 922. The zero-order valence-corrected chi connectivity index (χ0v) is 17.1. The Balaban J connectivity index is 1.68. The number of rotatable bonds is 3. The van der Waals surface area contributed by atoms with E-state index in [4.69, 9.17) is 5.73 Å². The van der Waals surface area contributed by atoms with E-state index in [1.54, 1.807) is 18.2 Å². The van der Waals surface area contributed by atoms with E-state index in [1.165, 1.54) is 24.1 Å². The third-order valence-electron chi connectivity index (χ3n) is 6.16. The van der Waals surface area contributed by atoms with Gasteiger partial charge in [-0.3, -0.25) is 0 Å². The van der Waals surface area contributed by atoms with Gasteiger partial charge >= 0.3 is 6.18 Å². The van der Waals surface area contributed by atoms with Gasteiger partial charge in [0.2, 0.25) is 0 Å². The number of phenolic OH excluding ortho intramolecular Hbond substituents is 1. The Morgan fingerprint density at radius 3 is 2.72 bits per heavy atom. The van der Waals surface area contributed by atoms with Crippen LogP contribution in [0.5, 0.6) is 5.75 Å². The summed E-state index contributed by atoms with van der Waals surface area (Å²) in [6.45, 7) is 0.828. The maximum absolute atomic E-state index is 13.1. The number of hydrogen-bond donors (Lipinski definition) is 2. The number of halogens is 3. The molecule has 4 nitrogen and oxygen atoms in total. The lowest BCUT2D eigenvalue weighted by Gasteiger charge is -2.56. The number of nitrogens with two attached hydrogens (primary N) is 1. The van der Waals surface area contributed by atoms with Crippen LogP contribution in [0.3, 0.4) is 0 Å². The first-order valence-electron chi connectivity index (χ1n) is 9.49. The molecule has 4 rings (SSSR count). The molecule has 0 spiro atoms. The van der Waals surface area contributed by atoms with Gasteiger partial charge in [-0.15, -0.1) is 0 Å². The van der Waals surface area contributed by atoms with Crippen molar-refractivity contribution in [2.75, 3.05) is 20.6 Å². The zero-order valence-electron chi connectivity index (χ0n) is 16.3. The van der Waals surface area contributed by atoms with Crippen molar-refractivity contribution < 1.29 is 18.3 Å². The average molecular weight is 424 g/mol. The summed E-state index contributed by atoms with van der Waals surface area (Å²) in [7, 11) is 3.95. The number of likely N-dealkylation sites (N-methyl/N-ethyl adjacent to an activating group) is 2. The number of piperidine rings is 1. The summed E-state index contributed by atoms with van der Waals surface area (Å²) >= 11 is 1.28. The van der Waals surface area contributed by atoms with Gasteiger partial charge in [0.1, 0.15) is 5.75 Å². The van der Waals surface area contributed by atoms with Crippen LogP contribution in [0.25, 0.3) is 0 Å². The third-order valence-corrected chi connectivity index (χ3v) is 7.14. The maximum atomic E-state index is 13.1. The molecule has 29 heavy (non-hydrogen) atoms. The van der Waals surface area contributed by atoms with Crippen LogP contribution in [0.1, 0.15) is 23.1 Å². The summed E-state index contributed by atoms with van der Waals surface area (Å²) in [6.07, 6.45) is -2.89. The standard InChI is InChI=1S/C21H24F3N3OS/c1-26-9-8-20(25)17-12-15(28)7-6-13(17)10-18(26)19(20)27(2)29-16-5-3-4-14(11-16)21(22,23)24/h3-7,11-12,18-19,28H,8-10,25H2,1-2H3/t18-,19-,20-/m1/s1. The molecule has 0 unspecified atom stereocenters. The third kappa shape index (κ3) is 3.63. The molecule has 0 saturated carbocycles. The second kappa shape index (κ2) is 7.19. The molecule has 2 aromatic rings. The molecule has 0 amide bonds. The maximum Gasteiger partial charge on any atom is 0.416 e. The van der Waals surface area contributed by atoms with Crippen molar-refractivity contribution in [1.82, 2.24) is 9.21 Å². The molecule has 1 saturated heterocycles. The topological polar surface area (TPSA) is 52.7 Å². The van der Waals surface area contributed by atoms with Crippen molar-refractivity contribution in [3.05, 3.63) is 59.2 Å². The average Bonchev–Trinajstić information content (AvgIpc) is 2.65. The van der Waals surface area contributed by atoms with E-state index in [2.05, 4.69) is 11.9 Å². The van der Waals surface area contributed by atoms with E-state index < -0.39 is 17.3 Å². The minimum atomic E-state index is -4.37. The molecule has 2 aromatic carbocycles. The predicted octanol–water partition coefficient (Wildman–Crippen LogP) is 3.83. The zero-order chi connectivity index (χ0) is 21.0. The minimum absolute atomic E-state index is 0.116. The highest BCUT2D eigenvalue weighted by molar-refractivity contribution is 7.97. The lowest BCUT2D eigenvalue weighted by atomic mass is 9.66. The lowest BCUT2D eigenvalue weighted by Crippen LogP contribution is -2.69. The fourth-order valence-electron chi connectivity index (χ4n) is 4.74. The lowest BCUT2D eigenvalue weighted by molar-refractivity contribution is -0.137. The van der Waals surface area contributed by atoms with Crippen LogP contribution >= 0.6 is 11.9 Å². The van der Waals surface area contributed by atoms with Crippen molar-refractivity contribution in [2.45, 2.75) is 41.5 Å². The van der Waals surface area contributed by atoms with E-state index in [9.17, 15) is 18.3 Å². The largest absolute Gasteiger partial charge is 0.508 e. The Kier molecular flexibility index (Phi) is 5.09. The highest BCUT2D eigenvalue weighted by Gasteiger charge is 2.52. The molecule has 1 aliphatic heterocycles. The highest BCUT2D eigenvalue weighted by Crippen LogP contribution is 2.46. The van der Waals surface area contributed by atoms with E-state index >= 15 is 0 Å². The van der Waals surface area contributed by atoms with Crippen molar-refractivity contribution in [2.24, 2.45) is 5.73 Å². The smallest absolute Gasteiger partial charge is 0.416 e. The molecular weight excluding hydrogens is 399 g/mol. The van der Waals surface area contributed by atoms with Crippen LogP contribution in [0.15, 0.2) is 47.4 Å². The first kappa shape index (κ1) is 20.5. The van der Waals surface area contributed by atoms with Crippen molar-refractivity contribution in [3.63, 3.8) is 0 Å². The molecular formula is C21H24F3N3OS. The molecule has 2 bridgehead atoms. The Morgan fingerprint density at radius 2 is 2.00 bits per heavy atom. The quantitative estimate of drug-likeness (QED) is 0.735. The van der Waals surface area contributed by atoms with Gasteiger partial charge in [0.25, 0.3) is 0 Å². The van der Waals surface area contributed by atoms with Gasteiger partial charge in [-0.1, -0.05) is 12.1 Å². The summed E-state index contributed by atoms with van der Waals surface area (Å²) in [6, 6.07) is 10.7. The second-order valence-corrected chi connectivity index (χ2v) is 9.22. The summed E-state index contributed by atoms with van der Waals surface area (Å²) in [5, 5.41) is 10.0.